The van der Waals surface area contributed by atoms with Crippen LogP contribution in [0.15, 0.2) is 18.2 Å². The minimum absolute atomic E-state index is 0.211. The Balaban J connectivity index is 1.94. The molecule has 0 spiro atoms. The van der Waals surface area contributed by atoms with Gasteiger partial charge in [0.1, 0.15) is 0 Å². The molecule has 0 radical (unpaired) electrons. The van der Waals surface area contributed by atoms with Crippen LogP contribution in [-0.2, 0) is 6.54 Å². The maximum Gasteiger partial charge on any atom is 0.161 e. The van der Waals surface area contributed by atoms with Crippen molar-refractivity contribution in [3.05, 3.63) is 23.8 Å². The van der Waals surface area contributed by atoms with Crippen LogP contribution in [0.1, 0.15) is 32.8 Å². The minimum atomic E-state index is 0.211. The van der Waals surface area contributed by atoms with E-state index < -0.39 is 0 Å². The van der Waals surface area contributed by atoms with Crippen molar-refractivity contribution in [1.82, 2.24) is 5.32 Å². The van der Waals surface area contributed by atoms with Crippen molar-refractivity contribution in [3.8, 4) is 11.5 Å². The van der Waals surface area contributed by atoms with Gasteiger partial charge >= 0.3 is 0 Å². The van der Waals surface area contributed by atoms with Crippen molar-refractivity contribution in [3.63, 3.8) is 0 Å². The van der Waals surface area contributed by atoms with Crippen LogP contribution in [0.25, 0.3) is 0 Å². The monoisotopic (exact) mass is 235 g/mol. The number of phenolic OH excluding ortho intramolecular Hbond substituents is 1. The Labute approximate surface area is 103 Å². The van der Waals surface area contributed by atoms with Crippen molar-refractivity contribution in [1.29, 1.82) is 0 Å². The zero-order valence-corrected chi connectivity index (χ0v) is 10.8. The molecule has 3 heteroatoms. The quantitative estimate of drug-likeness (QED) is 0.824. The molecule has 2 N–H and O–H groups in total. The third kappa shape index (κ3) is 2.91. The third-order valence-electron chi connectivity index (χ3n) is 3.39. The fourth-order valence-corrected chi connectivity index (χ4v) is 2.00. The summed E-state index contributed by atoms with van der Waals surface area (Å²) in [6, 6.07) is 6.15. The summed E-state index contributed by atoms with van der Waals surface area (Å²) in [5, 5.41) is 13.1. The maximum atomic E-state index is 9.59. The van der Waals surface area contributed by atoms with Gasteiger partial charge in [-0.3, -0.25) is 0 Å². The lowest BCUT2D eigenvalue weighted by molar-refractivity contribution is 0.317. The largest absolute Gasteiger partial charge is 0.504 e. The standard InChI is InChI=1S/C14H21NO2/c1-4-17-12-7-10(5-6-11(12)16)9-15-13-8-14(13,2)3/h5-7,13,15-16H,4,8-9H2,1-3H3. The van der Waals surface area contributed by atoms with Crippen molar-refractivity contribution in [2.75, 3.05) is 6.61 Å². The van der Waals surface area contributed by atoms with Crippen LogP contribution >= 0.6 is 0 Å². The number of aromatic hydroxyl groups is 1. The molecule has 94 valence electrons. The van der Waals surface area contributed by atoms with Crippen molar-refractivity contribution in [2.45, 2.75) is 39.8 Å². The van der Waals surface area contributed by atoms with Crippen molar-refractivity contribution < 1.29 is 9.84 Å². The van der Waals surface area contributed by atoms with E-state index in [4.69, 9.17) is 4.74 Å². The van der Waals surface area contributed by atoms with E-state index in [1.807, 2.05) is 19.1 Å². The van der Waals surface area contributed by atoms with Crippen LogP contribution in [-0.4, -0.2) is 17.8 Å². The van der Waals surface area contributed by atoms with Gasteiger partial charge in [-0.25, -0.2) is 0 Å². The van der Waals surface area contributed by atoms with Crippen molar-refractivity contribution >= 4 is 0 Å². The van der Waals surface area contributed by atoms with Gasteiger partial charge in [0.25, 0.3) is 0 Å². The highest BCUT2D eigenvalue weighted by molar-refractivity contribution is 5.41. The molecule has 0 aliphatic heterocycles. The number of hydrogen-bond acceptors (Lipinski definition) is 3. The predicted octanol–water partition coefficient (Wildman–Crippen LogP) is 2.68. The first-order valence-corrected chi connectivity index (χ1v) is 6.21. The number of hydrogen-bond donors (Lipinski definition) is 2. The van der Waals surface area contributed by atoms with E-state index in [0.717, 1.165) is 12.1 Å². The highest BCUT2D eigenvalue weighted by atomic mass is 16.5. The summed E-state index contributed by atoms with van der Waals surface area (Å²) in [6.45, 7) is 7.85. The SMILES string of the molecule is CCOc1cc(CNC2CC2(C)C)ccc1O. The molecule has 1 saturated carbocycles. The molecule has 17 heavy (non-hydrogen) atoms. The third-order valence-corrected chi connectivity index (χ3v) is 3.39. The van der Waals surface area contributed by atoms with E-state index in [-0.39, 0.29) is 5.75 Å². The molecule has 1 unspecified atom stereocenters. The van der Waals surface area contributed by atoms with Gasteiger partial charge in [0, 0.05) is 12.6 Å². The molecule has 2 rings (SSSR count). The number of ether oxygens (including phenoxy) is 1. The molecule has 3 nitrogen and oxygen atoms in total. The lowest BCUT2D eigenvalue weighted by atomic mass is 10.1. The average Bonchev–Trinajstić information content (AvgIpc) is 2.88. The molecule has 1 aliphatic rings. The number of rotatable bonds is 5. The fourth-order valence-electron chi connectivity index (χ4n) is 2.00. The van der Waals surface area contributed by atoms with Crippen LogP contribution in [0.2, 0.25) is 0 Å². The molecular weight excluding hydrogens is 214 g/mol. The lowest BCUT2D eigenvalue weighted by Crippen LogP contribution is -2.19. The van der Waals surface area contributed by atoms with E-state index in [9.17, 15) is 5.11 Å². The zero-order valence-electron chi connectivity index (χ0n) is 10.8. The number of benzene rings is 1. The van der Waals surface area contributed by atoms with Crippen LogP contribution in [0.4, 0.5) is 0 Å². The molecule has 0 amide bonds. The fraction of sp³-hybridized carbons (Fsp3) is 0.571. The molecular formula is C14H21NO2. The molecule has 1 atom stereocenters. The smallest absolute Gasteiger partial charge is 0.161 e. The predicted molar refractivity (Wildman–Crippen MR) is 68.3 cm³/mol. The summed E-state index contributed by atoms with van der Waals surface area (Å²) in [4.78, 5) is 0. The molecule has 1 aromatic carbocycles. The maximum absolute atomic E-state index is 9.59. The van der Waals surface area contributed by atoms with Gasteiger partial charge < -0.3 is 15.2 Å². The van der Waals surface area contributed by atoms with Crippen molar-refractivity contribution in [2.24, 2.45) is 5.41 Å². The molecule has 0 bridgehead atoms. The van der Waals surface area contributed by atoms with Gasteiger partial charge in [-0.2, -0.15) is 0 Å². The van der Waals surface area contributed by atoms with E-state index in [1.165, 1.54) is 6.42 Å². The second kappa shape index (κ2) is 4.57. The Hall–Kier alpha value is -1.22. The normalized spacial score (nSPS) is 21.2. The summed E-state index contributed by atoms with van der Waals surface area (Å²) < 4.78 is 5.36. The second-order valence-corrected chi connectivity index (χ2v) is 5.36. The highest BCUT2D eigenvalue weighted by Crippen LogP contribution is 2.44. The molecule has 1 aromatic rings. The van der Waals surface area contributed by atoms with Crippen LogP contribution in [0.3, 0.4) is 0 Å². The molecule has 0 aromatic heterocycles. The molecule has 0 saturated heterocycles. The van der Waals surface area contributed by atoms with E-state index >= 15 is 0 Å². The number of nitrogens with one attached hydrogen (secondary N) is 1. The Bertz CT molecular complexity index is 401. The van der Waals surface area contributed by atoms with Crippen LogP contribution in [0, 0.1) is 5.41 Å². The topological polar surface area (TPSA) is 41.5 Å². The summed E-state index contributed by atoms with van der Waals surface area (Å²) >= 11 is 0. The van der Waals surface area contributed by atoms with Gasteiger partial charge in [-0.05, 0) is 36.5 Å². The number of phenols is 1. The van der Waals surface area contributed by atoms with E-state index in [2.05, 4.69) is 19.2 Å². The Morgan fingerprint density at radius 1 is 1.47 bits per heavy atom. The van der Waals surface area contributed by atoms with Gasteiger partial charge in [-0.1, -0.05) is 19.9 Å². The summed E-state index contributed by atoms with van der Waals surface area (Å²) in [7, 11) is 0. The summed E-state index contributed by atoms with van der Waals surface area (Å²) in [5.74, 6) is 0.782. The Kier molecular flexibility index (Phi) is 3.29. The first kappa shape index (κ1) is 12.2. The summed E-state index contributed by atoms with van der Waals surface area (Å²) in [5.41, 5.74) is 1.59. The molecule has 1 fully saturated rings. The van der Waals surface area contributed by atoms with E-state index in [1.54, 1.807) is 6.07 Å². The lowest BCUT2D eigenvalue weighted by Gasteiger charge is -2.10. The minimum Gasteiger partial charge on any atom is -0.504 e. The van der Waals surface area contributed by atoms with Crippen LogP contribution in [0.5, 0.6) is 11.5 Å². The average molecular weight is 235 g/mol. The Morgan fingerprint density at radius 2 is 2.18 bits per heavy atom. The van der Waals surface area contributed by atoms with Crippen LogP contribution < -0.4 is 10.1 Å². The van der Waals surface area contributed by atoms with Gasteiger partial charge in [0.2, 0.25) is 0 Å². The first-order valence-electron chi connectivity index (χ1n) is 6.21. The van der Waals surface area contributed by atoms with Gasteiger partial charge in [-0.15, -0.1) is 0 Å². The first-order chi connectivity index (χ1) is 8.03. The summed E-state index contributed by atoms with van der Waals surface area (Å²) in [6.07, 6.45) is 1.24. The molecule has 1 aliphatic carbocycles. The molecule has 0 heterocycles. The van der Waals surface area contributed by atoms with Gasteiger partial charge in [0.15, 0.2) is 11.5 Å². The van der Waals surface area contributed by atoms with E-state index in [0.29, 0.717) is 23.8 Å². The van der Waals surface area contributed by atoms with Gasteiger partial charge in [0.05, 0.1) is 6.61 Å². The highest BCUT2D eigenvalue weighted by Gasteiger charge is 2.44. The zero-order chi connectivity index (χ0) is 12.5. The Morgan fingerprint density at radius 3 is 2.76 bits per heavy atom. The second-order valence-electron chi connectivity index (χ2n) is 5.36.